The highest BCUT2D eigenvalue weighted by molar-refractivity contribution is 9.10. The minimum absolute atomic E-state index is 0.0722. The molecule has 1 aliphatic heterocycles. The smallest absolute Gasteiger partial charge is 0.349 e. The van der Waals surface area contributed by atoms with Crippen molar-refractivity contribution in [3.05, 3.63) is 74.6 Å². The Bertz CT molecular complexity index is 1090. The number of rotatable bonds is 3. The first-order valence-corrected chi connectivity index (χ1v) is 10.7. The Hall–Kier alpha value is -2.25. The molecule has 0 saturated carbocycles. The number of thioether (sulfide) groups is 1. The molecular formula is C21H19BrN2O3S. The van der Waals surface area contributed by atoms with Crippen LogP contribution in [-0.4, -0.2) is 37.2 Å². The number of halogens is 1. The van der Waals surface area contributed by atoms with Crippen LogP contribution in [0.25, 0.3) is 11.0 Å². The molecule has 2 aromatic carbocycles. The lowest BCUT2D eigenvalue weighted by molar-refractivity contribution is 0.0756. The molecule has 1 fully saturated rings. The third kappa shape index (κ3) is 3.56. The average molecular weight is 459 g/mol. The van der Waals surface area contributed by atoms with Gasteiger partial charge >= 0.3 is 5.63 Å². The van der Waals surface area contributed by atoms with Crippen molar-refractivity contribution in [3.63, 3.8) is 0 Å². The predicted molar refractivity (Wildman–Crippen MR) is 117 cm³/mol. The van der Waals surface area contributed by atoms with Gasteiger partial charge in [-0.2, -0.15) is 0 Å². The maximum Gasteiger partial charge on any atom is 0.349 e. The maximum absolute atomic E-state index is 13.2. The molecule has 0 spiro atoms. The fourth-order valence-electron chi connectivity index (χ4n) is 3.29. The summed E-state index contributed by atoms with van der Waals surface area (Å²) in [7, 11) is 3.99. The van der Waals surface area contributed by atoms with Gasteiger partial charge in [0.25, 0.3) is 5.91 Å². The third-order valence-corrected chi connectivity index (χ3v) is 6.53. The molecule has 1 amide bonds. The molecule has 1 aliphatic rings. The molecule has 7 heteroatoms. The first-order chi connectivity index (χ1) is 13.4. The Morgan fingerprint density at radius 2 is 1.93 bits per heavy atom. The molecule has 1 unspecified atom stereocenters. The topological polar surface area (TPSA) is 53.8 Å². The van der Waals surface area contributed by atoms with Crippen molar-refractivity contribution in [2.45, 2.75) is 5.37 Å². The number of hydrogen-bond donors (Lipinski definition) is 0. The zero-order valence-electron chi connectivity index (χ0n) is 15.5. The average Bonchev–Trinajstić information content (AvgIpc) is 3.17. The second-order valence-electron chi connectivity index (χ2n) is 6.84. The van der Waals surface area contributed by atoms with E-state index < -0.39 is 5.63 Å². The molecule has 1 saturated heterocycles. The second-order valence-corrected chi connectivity index (χ2v) is 8.94. The standard InChI is InChI=1S/C21H19BrN2O3S/c1-23(2)16-6-3-13(4-7-16)20-24(9-10-28-20)19(25)17-12-14-11-15(22)5-8-18(14)27-21(17)26/h3-8,11-12,20H,9-10H2,1-2H3. The zero-order valence-corrected chi connectivity index (χ0v) is 17.9. The summed E-state index contributed by atoms with van der Waals surface area (Å²) >= 11 is 5.12. The highest BCUT2D eigenvalue weighted by atomic mass is 79.9. The number of carbonyl (C=O) groups is 1. The van der Waals surface area contributed by atoms with Gasteiger partial charge < -0.3 is 14.2 Å². The van der Waals surface area contributed by atoms with Crippen LogP contribution in [0, 0.1) is 0 Å². The van der Waals surface area contributed by atoms with E-state index in [9.17, 15) is 9.59 Å². The van der Waals surface area contributed by atoms with Gasteiger partial charge in [0, 0.05) is 41.9 Å². The van der Waals surface area contributed by atoms with Crippen LogP contribution < -0.4 is 10.5 Å². The SMILES string of the molecule is CN(C)c1ccc(C2SCCN2C(=O)c2cc3cc(Br)ccc3oc2=O)cc1. The molecule has 28 heavy (non-hydrogen) atoms. The van der Waals surface area contributed by atoms with E-state index in [0.717, 1.165) is 26.9 Å². The van der Waals surface area contributed by atoms with Crippen molar-refractivity contribution in [2.24, 2.45) is 0 Å². The maximum atomic E-state index is 13.2. The van der Waals surface area contributed by atoms with Gasteiger partial charge in [0.2, 0.25) is 0 Å². The Balaban J connectivity index is 1.67. The molecule has 0 bridgehead atoms. The minimum atomic E-state index is -0.599. The Kier molecular flexibility index (Phi) is 5.21. The van der Waals surface area contributed by atoms with Crippen molar-refractivity contribution in [3.8, 4) is 0 Å². The second kappa shape index (κ2) is 7.64. The van der Waals surface area contributed by atoms with Gasteiger partial charge in [0.1, 0.15) is 16.5 Å². The first-order valence-electron chi connectivity index (χ1n) is 8.87. The van der Waals surface area contributed by atoms with Gasteiger partial charge in [-0.3, -0.25) is 4.79 Å². The Morgan fingerprint density at radius 1 is 1.18 bits per heavy atom. The van der Waals surface area contributed by atoms with E-state index in [0.29, 0.717) is 12.1 Å². The Labute approximate surface area is 175 Å². The summed E-state index contributed by atoms with van der Waals surface area (Å²) < 4.78 is 6.24. The van der Waals surface area contributed by atoms with Crippen LogP contribution in [0.3, 0.4) is 0 Å². The van der Waals surface area contributed by atoms with Gasteiger partial charge in [-0.1, -0.05) is 28.1 Å². The number of amides is 1. The lowest BCUT2D eigenvalue weighted by Gasteiger charge is -2.24. The van der Waals surface area contributed by atoms with E-state index in [4.69, 9.17) is 4.42 Å². The number of benzene rings is 2. The number of fused-ring (bicyclic) bond motifs is 1. The van der Waals surface area contributed by atoms with E-state index in [1.165, 1.54) is 0 Å². The molecule has 0 N–H and O–H groups in total. The highest BCUT2D eigenvalue weighted by Gasteiger charge is 2.33. The summed E-state index contributed by atoms with van der Waals surface area (Å²) in [5.41, 5.74) is 2.09. The van der Waals surface area contributed by atoms with Crippen molar-refractivity contribution in [1.82, 2.24) is 4.90 Å². The quantitative estimate of drug-likeness (QED) is 0.540. The lowest BCUT2D eigenvalue weighted by Crippen LogP contribution is -2.33. The summed E-state index contributed by atoms with van der Waals surface area (Å²) in [5.74, 6) is 0.540. The zero-order chi connectivity index (χ0) is 19.8. The van der Waals surface area contributed by atoms with Crippen molar-refractivity contribution in [1.29, 1.82) is 0 Å². The third-order valence-electron chi connectivity index (χ3n) is 4.77. The van der Waals surface area contributed by atoms with Gasteiger partial charge in [0.05, 0.1) is 0 Å². The number of anilines is 1. The summed E-state index contributed by atoms with van der Waals surface area (Å²) in [6, 6.07) is 15.1. The van der Waals surface area contributed by atoms with Crippen LogP contribution in [0.15, 0.2) is 62.2 Å². The van der Waals surface area contributed by atoms with Gasteiger partial charge in [0.15, 0.2) is 0 Å². The van der Waals surface area contributed by atoms with Crippen LogP contribution >= 0.6 is 27.7 Å². The molecule has 144 valence electrons. The minimum Gasteiger partial charge on any atom is -0.422 e. The summed E-state index contributed by atoms with van der Waals surface area (Å²) in [5, 5.41) is 0.609. The van der Waals surface area contributed by atoms with Crippen molar-refractivity contribution >= 4 is 50.3 Å². The number of hydrogen-bond acceptors (Lipinski definition) is 5. The molecular weight excluding hydrogens is 440 g/mol. The molecule has 4 rings (SSSR count). The number of carbonyl (C=O) groups excluding carboxylic acids is 1. The Morgan fingerprint density at radius 3 is 2.64 bits per heavy atom. The van der Waals surface area contributed by atoms with E-state index in [1.54, 1.807) is 34.9 Å². The molecule has 1 atom stereocenters. The predicted octanol–water partition coefficient (Wildman–Crippen LogP) is 4.51. The highest BCUT2D eigenvalue weighted by Crippen LogP contribution is 2.39. The molecule has 0 aliphatic carbocycles. The number of nitrogens with zero attached hydrogens (tertiary/aromatic N) is 2. The van der Waals surface area contributed by atoms with Gasteiger partial charge in [-0.05, 0) is 42.0 Å². The monoisotopic (exact) mass is 458 g/mol. The van der Waals surface area contributed by atoms with Crippen LogP contribution in [-0.2, 0) is 0 Å². The van der Waals surface area contributed by atoms with Crippen LogP contribution in [0.2, 0.25) is 0 Å². The van der Waals surface area contributed by atoms with Crippen LogP contribution in [0.1, 0.15) is 21.3 Å². The molecule has 3 aromatic rings. The summed E-state index contributed by atoms with van der Waals surface area (Å²) in [4.78, 5) is 29.4. The van der Waals surface area contributed by atoms with Crippen LogP contribution in [0.4, 0.5) is 5.69 Å². The largest absolute Gasteiger partial charge is 0.422 e. The van der Waals surface area contributed by atoms with Gasteiger partial charge in [-0.15, -0.1) is 11.8 Å². The fourth-order valence-corrected chi connectivity index (χ4v) is 4.92. The van der Waals surface area contributed by atoms with Crippen LogP contribution in [0.5, 0.6) is 0 Å². The van der Waals surface area contributed by atoms with Crippen molar-refractivity contribution < 1.29 is 9.21 Å². The van der Waals surface area contributed by atoms with Crippen molar-refractivity contribution in [2.75, 3.05) is 31.3 Å². The molecule has 5 nitrogen and oxygen atoms in total. The first kappa shape index (κ1) is 19.1. The normalized spacial score (nSPS) is 16.5. The molecule has 2 heterocycles. The molecule has 1 aromatic heterocycles. The fraction of sp³-hybridized carbons (Fsp3) is 0.238. The van der Waals surface area contributed by atoms with E-state index >= 15 is 0 Å². The molecule has 0 radical (unpaired) electrons. The van der Waals surface area contributed by atoms with E-state index in [2.05, 4.69) is 15.9 Å². The van der Waals surface area contributed by atoms with Gasteiger partial charge in [-0.25, -0.2) is 4.79 Å². The summed E-state index contributed by atoms with van der Waals surface area (Å²) in [6.07, 6.45) is 0. The van der Waals surface area contributed by atoms with E-state index in [-0.39, 0.29) is 16.8 Å². The lowest BCUT2D eigenvalue weighted by atomic mass is 10.1. The van der Waals surface area contributed by atoms with E-state index in [1.807, 2.05) is 49.3 Å². The summed E-state index contributed by atoms with van der Waals surface area (Å²) in [6.45, 7) is 0.597.